The highest BCUT2D eigenvalue weighted by molar-refractivity contribution is 5.81. The first-order valence-corrected chi connectivity index (χ1v) is 9.42. The van der Waals surface area contributed by atoms with Gasteiger partial charge in [0.25, 0.3) is 0 Å². The summed E-state index contributed by atoms with van der Waals surface area (Å²) >= 11 is 0. The van der Waals surface area contributed by atoms with Crippen LogP contribution in [0.1, 0.15) is 32.3 Å². The van der Waals surface area contributed by atoms with E-state index < -0.39 is 66.7 Å². The number of aromatic nitrogens is 4. The third kappa shape index (κ3) is 4.41. The Morgan fingerprint density at radius 1 is 1.42 bits per heavy atom. The van der Waals surface area contributed by atoms with Crippen LogP contribution in [0.25, 0.3) is 11.2 Å². The topological polar surface area (TPSA) is 151 Å². The van der Waals surface area contributed by atoms with Crippen molar-refractivity contribution in [3.05, 3.63) is 12.2 Å². The zero-order chi connectivity index (χ0) is 23.1. The first kappa shape index (κ1) is 23.1. The molecule has 6 atom stereocenters. The van der Waals surface area contributed by atoms with Crippen LogP contribution in [-0.4, -0.2) is 61.6 Å². The highest BCUT2D eigenvalue weighted by atomic mass is 19.4. The van der Waals surface area contributed by atoms with E-state index in [0.717, 1.165) is 10.9 Å². The van der Waals surface area contributed by atoms with Gasteiger partial charge in [0.15, 0.2) is 23.9 Å². The smallest absolute Gasteiger partial charge is 0.451 e. The molecule has 0 radical (unpaired) electrons. The van der Waals surface area contributed by atoms with Crippen molar-refractivity contribution in [3.63, 3.8) is 0 Å². The minimum absolute atomic E-state index is 0.158. The van der Waals surface area contributed by atoms with Crippen LogP contribution in [0.15, 0.2) is 6.33 Å². The highest BCUT2D eigenvalue weighted by Gasteiger charge is 2.47. The SMILES string of the molecule is CC[C@@H](C)[C@@H](N)C(=O)OC[C@H]1O[C@@H](n2cnc3c(N)nc(C(F)(F)F)nc32)[C@@H](F)[C@@H]1O. The predicted octanol–water partition coefficient (Wildman–Crippen LogP) is 0.940. The van der Waals surface area contributed by atoms with Gasteiger partial charge in [-0.3, -0.25) is 9.36 Å². The molecule has 0 aliphatic carbocycles. The number of nitrogens with zero attached hydrogens (tertiary/aromatic N) is 4. The summed E-state index contributed by atoms with van der Waals surface area (Å²) in [6, 6.07) is -0.904. The first-order chi connectivity index (χ1) is 14.5. The standard InChI is InChI=1S/C17H22F4N6O4/c1-3-6(2)9(22)15(29)30-4-7-11(28)8(18)14(31-7)27-5-24-10-12(23)25-16(17(19,20)21)26-13(10)27/h5-9,11,14,28H,3-4,22H2,1-2H3,(H2,23,25,26)/t6-,7-,8+,9-,11-,14-/m1/s1. The second kappa shape index (κ2) is 8.51. The van der Waals surface area contributed by atoms with Gasteiger partial charge >= 0.3 is 12.1 Å². The number of ether oxygens (including phenoxy) is 2. The van der Waals surface area contributed by atoms with Crippen molar-refractivity contribution in [1.29, 1.82) is 0 Å². The molecule has 14 heteroatoms. The lowest BCUT2D eigenvalue weighted by Crippen LogP contribution is -2.40. The monoisotopic (exact) mass is 450 g/mol. The van der Waals surface area contributed by atoms with E-state index in [9.17, 15) is 27.5 Å². The van der Waals surface area contributed by atoms with Crippen molar-refractivity contribution in [3.8, 4) is 0 Å². The van der Waals surface area contributed by atoms with Crippen LogP contribution in [0, 0.1) is 5.92 Å². The van der Waals surface area contributed by atoms with E-state index >= 15 is 0 Å². The number of halogens is 4. The van der Waals surface area contributed by atoms with Crippen LogP contribution in [0.4, 0.5) is 23.4 Å². The molecular formula is C17H22F4N6O4. The van der Waals surface area contributed by atoms with Crippen LogP contribution in [0.3, 0.4) is 0 Å². The molecule has 5 N–H and O–H groups in total. The lowest BCUT2D eigenvalue weighted by molar-refractivity contribution is -0.152. The van der Waals surface area contributed by atoms with Crippen LogP contribution < -0.4 is 11.5 Å². The quantitative estimate of drug-likeness (QED) is 0.431. The molecule has 0 saturated carbocycles. The Balaban J connectivity index is 1.81. The van der Waals surface area contributed by atoms with Crippen LogP contribution in [0.5, 0.6) is 0 Å². The molecule has 1 saturated heterocycles. The Bertz CT molecular complexity index is 955. The fraction of sp³-hybridized carbons (Fsp3) is 0.647. The number of anilines is 1. The molecular weight excluding hydrogens is 428 g/mol. The number of fused-ring (bicyclic) bond motifs is 1. The molecule has 2 aromatic rings. The summed E-state index contributed by atoms with van der Waals surface area (Å²) in [5, 5.41) is 10.2. The van der Waals surface area contributed by atoms with Crippen molar-refractivity contribution in [2.24, 2.45) is 11.7 Å². The molecule has 0 amide bonds. The number of imidazole rings is 1. The van der Waals surface area contributed by atoms with Gasteiger partial charge in [-0.25, -0.2) is 19.3 Å². The highest BCUT2D eigenvalue weighted by Crippen LogP contribution is 2.35. The van der Waals surface area contributed by atoms with E-state index in [2.05, 4.69) is 15.0 Å². The predicted molar refractivity (Wildman–Crippen MR) is 97.9 cm³/mol. The Morgan fingerprint density at radius 2 is 2.10 bits per heavy atom. The number of hydrogen-bond donors (Lipinski definition) is 3. The molecule has 0 unspecified atom stereocenters. The van der Waals surface area contributed by atoms with Gasteiger partial charge in [-0.15, -0.1) is 0 Å². The number of carbonyl (C=O) groups excluding carboxylic acids is 1. The number of alkyl halides is 4. The fourth-order valence-corrected chi connectivity index (χ4v) is 3.06. The summed E-state index contributed by atoms with van der Waals surface area (Å²) in [7, 11) is 0. The average molecular weight is 450 g/mol. The summed E-state index contributed by atoms with van der Waals surface area (Å²) in [6.45, 7) is 3.10. The van der Waals surface area contributed by atoms with Crippen molar-refractivity contribution in [1.82, 2.24) is 19.5 Å². The van der Waals surface area contributed by atoms with Gasteiger partial charge in [0.1, 0.15) is 30.4 Å². The molecule has 1 fully saturated rings. The van der Waals surface area contributed by atoms with E-state index in [-0.39, 0.29) is 11.4 Å². The maximum absolute atomic E-state index is 14.7. The van der Waals surface area contributed by atoms with Crippen molar-refractivity contribution < 1.29 is 36.9 Å². The van der Waals surface area contributed by atoms with Gasteiger partial charge in [-0.1, -0.05) is 20.3 Å². The molecule has 1 aliphatic rings. The average Bonchev–Trinajstić information content (AvgIpc) is 3.26. The van der Waals surface area contributed by atoms with Gasteiger partial charge in [-0.2, -0.15) is 13.2 Å². The van der Waals surface area contributed by atoms with E-state index in [1.807, 2.05) is 6.92 Å². The lowest BCUT2D eigenvalue weighted by Gasteiger charge is -2.19. The van der Waals surface area contributed by atoms with Gasteiger partial charge in [0.05, 0.1) is 6.33 Å². The number of rotatable bonds is 6. The van der Waals surface area contributed by atoms with Crippen LogP contribution in [0.2, 0.25) is 0 Å². The molecule has 0 spiro atoms. The zero-order valence-corrected chi connectivity index (χ0v) is 16.6. The van der Waals surface area contributed by atoms with Gasteiger partial charge in [0.2, 0.25) is 5.82 Å². The summed E-state index contributed by atoms with van der Waals surface area (Å²) in [5.74, 6) is -2.98. The molecule has 1 aliphatic heterocycles. The van der Waals surface area contributed by atoms with E-state index in [4.69, 9.17) is 20.9 Å². The number of aliphatic hydroxyl groups is 1. The summed E-state index contributed by atoms with van der Waals surface area (Å²) in [4.78, 5) is 22.4. The number of hydrogen-bond acceptors (Lipinski definition) is 9. The number of aliphatic hydroxyl groups excluding tert-OH is 1. The Hall–Kier alpha value is -2.58. The molecule has 10 nitrogen and oxygen atoms in total. The van der Waals surface area contributed by atoms with E-state index in [1.165, 1.54) is 0 Å². The molecule has 0 aromatic carbocycles. The van der Waals surface area contributed by atoms with Crippen LogP contribution >= 0.6 is 0 Å². The Morgan fingerprint density at radius 3 is 2.71 bits per heavy atom. The molecule has 3 rings (SSSR count). The molecule has 172 valence electrons. The first-order valence-electron chi connectivity index (χ1n) is 9.42. The van der Waals surface area contributed by atoms with Crippen LogP contribution in [-0.2, 0) is 20.4 Å². The molecule has 2 aromatic heterocycles. The van der Waals surface area contributed by atoms with Gasteiger partial charge in [-0.05, 0) is 5.92 Å². The van der Waals surface area contributed by atoms with Gasteiger partial charge < -0.3 is 26.0 Å². The lowest BCUT2D eigenvalue weighted by atomic mass is 10.0. The molecule has 3 heterocycles. The largest absolute Gasteiger partial charge is 0.462 e. The third-order valence-corrected chi connectivity index (χ3v) is 5.19. The summed E-state index contributed by atoms with van der Waals surface area (Å²) in [5.41, 5.74) is 10.7. The molecule has 31 heavy (non-hydrogen) atoms. The van der Waals surface area contributed by atoms with Gasteiger partial charge in [0, 0.05) is 0 Å². The van der Waals surface area contributed by atoms with Crippen molar-refractivity contribution in [2.45, 2.75) is 57.1 Å². The van der Waals surface area contributed by atoms with E-state index in [1.54, 1.807) is 6.92 Å². The minimum atomic E-state index is -4.90. The second-order valence-corrected chi connectivity index (χ2v) is 7.30. The fourth-order valence-electron chi connectivity index (χ4n) is 3.06. The zero-order valence-electron chi connectivity index (χ0n) is 16.6. The number of nitrogen functional groups attached to an aromatic ring is 1. The summed E-state index contributed by atoms with van der Waals surface area (Å²) < 4.78 is 65.1. The maximum Gasteiger partial charge on any atom is 0.451 e. The minimum Gasteiger partial charge on any atom is -0.462 e. The normalized spacial score (nSPS) is 26.2. The van der Waals surface area contributed by atoms with Crippen molar-refractivity contribution in [2.75, 3.05) is 12.3 Å². The Labute approximate surface area is 173 Å². The number of esters is 1. The Kier molecular flexibility index (Phi) is 6.34. The van der Waals surface area contributed by atoms with E-state index in [0.29, 0.717) is 6.42 Å². The van der Waals surface area contributed by atoms with Crippen molar-refractivity contribution >= 4 is 23.0 Å². The third-order valence-electron chi connectivity index (χ3n) is 5.19. The second-order valence-electron chi connectivity index (χ2n) is 7.30. The molecule has 0 bridgehead atoms. The maximum atomic E-state index is 14.7. The number of carbonyl (C=O) groups is 1. The number of nitrogens with two attached hydrogens (primary N) is 2. The summed E-state index contributed by atoms with van der Waals surface area (Å²) in [6.07, 6.45) is -9.95.